The van der Waals surface area contributed by atoms with E-state index in [1.807, 2.05) is 0 Å². The Morgan fingerprint density at radius 1 is 1.10 bits per heavy atom. The molecule has 0 unspecified atom stereocenters. The fourth-order valence-corrected chi connectivity index (χ4v) is 3.14. The standard InChI is InChI=1S/C15H15NO4S/c1-16(14-8-3-2-4-9-14)21(19,20)11-12-6-5-7-13(10-12)15(17)18/h2-10H,11H2,1H3,(H,17,18). The molecule has 0 spiro atoms. The Morgan fingerprint density at radius 3 is 2.38 bits per heavy atom. The van der Waals surface area contributed by atoms with E-state index in [4.69, 9.17) is 5.11 Å². The first-order valence-electron chi connectivity index (χ1n) is 6.24. The molecule has 0 aliphatic rings. The second-order valence-corrected chi connectivity index (χ2v) is 6.57. The maximum Gasteiger partial charge on any atom is 0.335 e. The van der Waals surface area contributed by atoms with Crippen LogP contribution in [-0.2, 0) is 15.8 Å². The average molecular weight is 305 g/mol. The zero-order valence-corrected chi connectivity index (χ0v) is 12.2. The summed E-state index contributed by atoms with van der Waals surface area (Å²) >= 11 is 0. The Balaban J connectivity index is 2.25. The van der Waals surface area contributed by atoms with Gasteiger partial charge in [0.15, 0.2) is 0 Å². The van der Waals surface area contributed by atoms with Crippen molar-refractivity contribution in [3.05, 3.63) is 65.7 Å². The number of nitrogens with zero attached hydrogens (tertiary/aromatic N) is 1. The summed E-state index contributed by atoms with van der Waals surface area (Å²) in [5.41, 5.74) is 1.08. The molecule has 0 aromatic heterocycles. The fourth-order valence-electron chi connectivity index (χ4n) is 1.90. The van der Waals surface area contributed by atoms with E-state index in [1.165, 1.54) is 29.6 Å². The van der Waals surface area contributed by atoms with E-state index in [1.54, 1.807) is 36.4 Å². The van der Waals surface area contributed by atoms with Crippen LogP contribution in [0.25, 0.3) is 0 Å². The van der Waals surface area contributed by atoms with Crippen molar-refractivity contribution in [3.63, 3.8) is 0 Å². The average Bonchev–Trinajstić information content (AvgIpc) is 2.47. The number of hydrogen-bond donors (Lipinski definition) is 1. The van der Waals surface area contributed by atoms with Crippen LogP contribution in [0.4, 0.5) is 5.69 Å². The third kappa shape index (κ3) is 3.61. The summed E-state index contributed by atoms with van der Waals surface area (Å²) in [5, 5.41) is 8.93. The number of benzene rings is 2. The van der Waals surface area contributed by atoms with Crippen LogP contribution in [0.1, 0.15) is 15.9 Å². The van der Waals surface area contributed by atoms with Crippen molar-refractivity contribution < 1.29 is 18.3 Å². The Labute approximate surface area is 123 Å². The molecule has 0 radical (unpaired) electrons. The molecule has 110 valence electrons. The van der Waals surface area contributed by atoms with Crippen molar-refractivity contribution in [3.8, 4) is 0 Å². The molecular weight excluding hydrogens is 290 g/mol. The number of hydrogen-bond acceptors (Lipinski definition) is 3. The molecule has 2 aromatic rings. The van der Waals surface area contributed by atoms with Crippen molar-refractivity contribution in [2.24, 2.45) is 0 Å². The number of carboxylic acid groups (broad SMARTS) is 1. The van der Waals surface area contributed by atoms with Gasteiger partial charge in [0.1, 0.15) is 0 Å². The third-order valence-corrected chi connectivity index (χ3v) is 4.80. The lowest BCUT2D eigenvalue weighted by atomic mass is 10.1. The number of sulfonamides is 1. The van der Waals surface area contributed by atoms with Gasteiger partial charge in [-0.05, 0) is 29.8 Å². The molecule has 0 atom stereocenters. The second-order valence-electron chi connectivity index (χ2n) is 4.56. The van der Waals surface area contributed by atoms with E-state index in [0.717, 1.165) is 0 Å². The van der Waals surface area contributed by atoms with E-state index < -0.39 is 16.0 Å². The van der Waals surface area contributed by atoms with Gasteiger partial charge >= 0.3 is 5.97 Å². The summed E-state index contributed by atoms with van der Waals surface area (Å²) in [5.74, 6) is -1.33. The minimum absolute atomic E-state index is 0.0741. The van der Waals surface area contributed by atoms with Crippen LogP contribution in [0.5, 0.6) is 0 Å². The summed E-state index contributed by atoms with van der Waals surface area (Å²) in [6.07, 6.45) is 0. The van der Waals surface area contributed by atoms with Crippen LogP contribution in [0.15, 0.2) is 54.6 Å². The van der Waals surface area contributed by atoms with E-state index in [9.17, 15) is 13.2 Å². The van der Waals surface area contributed by atoms with Crippen LogP contribution in [0.2, 0.25) is 0 Å². The lowest BCUT2D eigenvalue weighted by Gasteiger charge is -2.19. The summed E-state index contributed by atoms with van der Waals surface area (Å²) in [6.45, 7) is 0. The topological polar surface area (TPSA) is 74.7 Å². The lowest BCUT2D eigenvalue weighted by molar-refractivity contribution is 0.0696. The Morgan fingerprint density at radius 2 is 1.76 bits per heavy atom. The van der Waals surface area contributed by atoms with Crippen molar-refractivity contribution in [1.82, 2.24) is 0 Å². The molecule has 0 amide bonds. The van der Waals surface area contributed by atoms with Crippen molar-refractivity contribution in [1.29, 1.82) is 0 Å². The molecule has 1 N–H and O–H groups in total. The van der Waals surface area contributed by atoms with Crippen LogP contribution >= 0.6 is 0 Å². The minimum Gasteiger partial charge on any atom is -0.478 e. The highest BCUT2D eigenvalue weighted by Crippen LogP contribution is 2.19. The molecule has 0 bridgehead atoms. The molecule has 0 aliphatic carbocycles. The number of para-hydroxylation sites is 1. The van der Waals surface area contributed by atoms with Crippen LogP contribution in [0, 0.1) is 0 Å². The smallest absolute Gasteiger partial charge is 0.335 e. The Kier molecular flexibility index (Phi) is 4.28. The monoisotopic (exact) mass is 305 g/mol. The number of carbonyl (C=O) groups is 1. The van der Waals surface area contributed by atoms with Crippen LogP contribution in [0.3, 0.4) is 0 Å². The predicted molar refractivity (Wildman–Crippen MR) is 80.9 cm³/mol. The Hall–Kier alpha value is -2.34. The van der Waals surface area contributed by atoms with Crippen molar-refractivity contribution in [2.75, 3.05) is 11.4 Å². The Bertz CT molecular complexity index is 741. The zero-order valence-electron chi connectivity index (χ0n) is 11.4. The first-order chi connectivity index (χ1) is 9.90. The van der Waals surface area contributed by atoms with Gasteiger partial charge in [0.2, 0.25) is 10.0 Å². The summed E-state index contributed by atoms with van der Waals surface area (Å²) < 4.78 is 25.9. The van der Waals surface area contributed by atoms with Crippen LogP contribution < -0.4 is 4.31 Å². The highest BCUT2D eigenvalue weighted by molar-refractivity contribution is 7.92. The van der Waals surface area contributed by atoms with Gasteiger partial charge in [0, 0.05) is 7.05 Å². The molecule has 6 heteroatoms. The molecule has 2 rings (SSSR count). The van der Waals surface area contributed by atoms with Gasteiger partial charge < -0.3 is 5.11 Å². The molecule has 0 saturated carbocycles. The fraction of sp³-hybridized carbons (Fsp3) is 0.133. The minimum atomic E-state index is -3.57. The van der Waals surface area contributed by atoms with Gasteiger partial charge in [0.25, 0.3) is 0 Å². The van der Waals surface area contributed by atoms with Gasteiger partial charge in [-0.3, -0.25) is 4.31 Å². The largest absolute Gasteiger partial charge is 0.478 e. The summed E-state index contributed by atoms with van der Waals surface area (Å²) in [4.78, 5) is 10.9. The summed E-state index contributed by atoms with van der Waals surface area (Å²) in [6, 6.07) is 14.7. The number of aromatic carboxylic acids is 1. The predicted octanol–water partition coefficient (Wildman–Crippen LogP) is 2.35. The van der Waals surface area contributed by atoms with Gasteiger partial charge in [-0.15, -0.1) is 0 Å². The number of anilines is 1. The van der Waals surface area contributed by atoms with Crippen molar-refractivity contribution >= 4 is 21.7 Å². The number of carboxylic acids is 1. The second kappa shape index (κ2) is 5.97. The first kappa shape index (κ1) is 15.1. The van der Waals surface area contributed by atoms with Gasteiger partial charge in [-0.1, -0.05) is 30.3 Å². The first-order valence-corrected chi connectivity index (χ1v) is 7.85. The van der Waals surface area contributed by atoms with E-state index >= 15 is 0 Å². The molecule has 0 aliphatic heterocycles. The zero-order chi connectivity index (χ0) is 15.5. The van der Waals surface area contributed by atoms with E-state index in [2.05, 4.69) is 0 Å². The SMILES string of the molecule is CN(c1ccccc1)S(=O)(=O)Cc1cccc(C(=O)O)c1. The highest BCUT2D eigenvalue weighted by Gasteiger charge is 2.19. The van der Waals surface area contributed by atoms with E-state index in [0.29, 0.717) is 11.3 Å². The maximum absolute atomic E-state index is 12.4. The lowest BCUT2D eigenvalue weighted by Crippen LogP contribution is -2.27. The van der Waals surface area contributed by atoms with Gasteiger partial charge in [-0.2, -0.15) is 0 Å². The summed E-state index contributed by atoms with van der Waals surface area (Å²) in [7, 11) is -2.09. The normalized spacial score (nSPS) is 11.1. The third-order valence-electron chi connectivity index (χ3n) is 3.06. The van der Waals surface area contributed by atoms with Crippen molar-refractivity contribution in [2.45, 2.75) is 5.75 Å². The molecule has 0 fully saturated rings. The quantitative estimate of drug-likeness (QED) is 0.920. The van der Waals surface area contributed by atoms with Crippen LogP contribution in [-0.4, -0.2) is 26.5 Å². The molecular formula is C15H15NO4S. The van der Waals surface area contributed by atoms with Gasteiger partial charge in [0.05, 0.1) is 17.0 Å². The maximum atomic E-state index is 12.4. The molecule has 0 heterocycles. The number of rotatable bonds is 5. The molecule has 21 heavy (non-hydrogen) atoms. The van der Waals surface area contributed by atoms with E-state index in [-0.39, 0.29) is 11.3 Å². The highest BCUT2D eigenvalue weighted by atomic mass is 32.2. The molecule has 0 saturated heterocycles. The molecule has 5 nitrogen and oxygen atoms in total. The molecule has 2 aromatic carbocycles. The van der Waals surface area contributed by atoms with Gasteiger partial charge in [-0.25, -0.2) is 13.2 Å².